The van der Waals surface area contributed by atoms with Crippen LogP contribution in [-0.2, 0) is 6.54 Å². The number of hydrogen-bond acceptors (Lipinski definition) is 2. The zero-order chi connectivity index (χ0) is 12.1. The summed E-state index contributed by atoms with van der Waals surface area (Å²) in [5.74, 6) is -0.203. The summed E-state index contributed by atoms with van der Waals surface area (Å²) in [5.41, 5.74) is 2.96. The quantitative estimate of drug-likeness (QED) is 0.798. The van der Waals surface area contributed by atoms with Crippen molar-refractivity contribution in [2.24, 2.45) is 0 Å². The number of benzene rings is 1. The first-order valence-corrected chi connectivity index (χ1v) is 5.83. The van der Waals surface area contributed by atoms with Gasteiger partial charge in [-0.1, -0.05) is 13.0 Å². The molecule has 0 aliphatic heterocycles. The number of rotatable bonds is 5. The molecule has 1 aromatic carbocycles. The van der Waals surface area contributed by atoms with Gasteiger partial charge in [0.25, 0.3) is 0 Å². The van der Waals surface area contributed by atoms with E-state index in [0.29, 0.717) is 6.54 Å². The van der Waals surface area contributed by atoms with Gasteiger partial charge in [-0.2, -0.15) is 0 Å². The lowest BCUT2D eigenvalue weighted by Gasteiger charge is -2.09. The smallest absolute Gasteiger partial charge is 0.123 e. The molecular weight excluding hydrogens is 217 g/mol. The van der Waals surface area contributed by atoms with E-state index >= 15 is 0 Å². The van der Waals surface area contributed by atoms with Gasteiger partial charge in [0.15, 0.2) is 0 Å². The molecule has 1 aromatic heterocycles. The molecule has 2 rings (SSSR count). The van der Waals surface area contributed by atoms with Crippen molar-refractivity contribution in [3.63, 3.8) is 0 Å². The average molecular weight is 233 g/mol. The van der Waals surface area contributed by atoms with Crippen LogP contribution in [0.4, 0.5) is 4.39 Å². The van der Waals surface area contributed by atoms with E-state index in [-0.39, 0.29) is 5.82 Å². The van der Waals surface area contributed by atoms with Gasteiger partial charge in [0.2, 0.25) is 0 Å². The number of hydrogen-bond donors (Lipinski definition) is 1. The van der Waals surface area contributed by atoms with Crippen LogP contribution in [0, 0.1) is 5.82 Å². The van der Waals surface area contributed by atoms with Gasteiger partial charge in [-0.3, -0.25) is 0 Å². The Morgan fingerprint density at radius 1 is 1.29 bits per heavy atom. The molecule has 17 heavy (non-hydrogen) atoms. The van der Waals surface area contributed by atoms with Crippen LogP contribution in [-0.4, -0.2) is 6.54 Å². The fraction of sp³-hybridized carbons (Fsp3) is 0.286. The highest BCUT2D eigenvalue weighted by Crippen LogP contribution is 2.24. The van der Waals surface area contributed by atoms with E-state index in [9.17, 15) is 4.39 Å². The minimum absolute atomic E-state index is 0.203. The lowest BCUT2D eigenvalue weighted by atomic mass is 10.0. The van der Waals surface area contributed by atoms with Gasteiger partial charge in [-0.15, -0.1) is 0 Å². The highest BCUT2D eigenvalue weighted by Gasteiger charge is 2.07. The normalized spacial score (nSPS) is 10.7. The molecule has 0 fully saturated rings. The third-order valence-corrected chi connectivity index (χ3v) is 2.64. The Balaban J connectivity index is 2.25. The standard InChI is InChI=1S/C14H16FNO/c1-2-6-16-9-12-8-13(15)3-4-14(12)11-5-7-17-10-11/h3-5,7-8,10,16H,2,6,9H2,1H3. The van der Waals surface area contributed by atoms with Crippen molar-refractivity contribution >= 4 is 0 Å². The Labute approximate surface area is 100 Å². The van der Waals surface area contributed by atoms with Crippen LogP contribution in [0.15, 0.2) is 41.2 Å². The predicted octanol–water partition coefficient (Wildman–Crippen LogP) is 3.59. The van der Waals surface area contributed by atoms with Crippen LogP contribution in [0.5, 0.6) is 0 Å². The molecule has 0 saturated heterocycles. The van der Waals surface area contributed by atoms with Crippen LogP contribution >= 0.6 is 0 Å². The van der Waals surface area contributed by atoms with Crippen molar-refractivity contribution in [1.82, 2.24) is 5.32 Å². The first-order valence-electron chi connectivity index (χ1n) is 5.83. The maximum Gasteiger partial charge on any atom is 0.123 e. The van der Waals surface area contributed by atoms with Gasteiger partial charge < -0.3 is 9.73 Å². The van der Waals surface area contributed by atoms with E-state index in [1.54, 1.807) is 24.7 Å². The summed E-state index contributed by atoms with van der Waals surface area (Å²) in [6.07, 6.45) is 4.37. The number of halogens is 1. The molecule has 2 aromatic rings. The van der Waals surface area contributed by atoms with Gasteiger partial charge in [0.1, 0.15) is 5.82 Å². The van der Waals surface area contributed by atoms with Crippen LogP contribution in [0.3, 0.4) is 0 Å². The summed E-state index contributed by atoms with van der Waals surface area (Å²) in [4.78, 5) is 0. The fourth-order valence-corrected chi connectivity index (χ4v) is 1.81. The molecule has 0 aliphatic carbocycles. The van der Waals surface area contributed by atoms with Crippen LogP contribution < -0.4 is 5.32 Å². The van der Waals surface area contributed by atoms with Gasteiger partial charge in [0, 0.05) is 12.1 Å². The molecular formula is C14H16FNO. The summed E-state index contributed by atoms with van der Waals surface area (Å²) >= 11 is 0. The Kier molecular flexibility index (Phi) is 3.94. The molecule has 0 unspecified atom stereocenters. The summed E-state index contributed by atoms with van der Waals surface area (Å²) in [6, 6.07) is 6.73. The van der Waals surface area contributed by atoms with Crippen LogP contribution in [0.1, 0.15) is 18.9 Å². The second kappa shape index (κ2) is 5.64. The van der Waals surface area contributed by atoms with Gasteiger partial charge >= 0.3 is 0 Å². The SMILES string of the molecule is CCCNCc1cc(F)ccc1-c1ccoc1. The molecule has 0 amide bonds. The lowest BCUT2D eigenvalue weighted by Crippen LogP contribution is -2.14. The van der Waals surface area contributed by atoms with Crippen molar-refractivity contribution in [1.29, 1.82) is 0 Å². The Bertz CT molecular complexity index is 465. The van der Waals surface area contributed by atoms with Crippen molar-refractivity contribution in [2.75, 3.05) is 6.54 Å². The largest absolute Gasteiger partial charge is 0.472 e. The van der Waals surface area contributed by atoms with E-state index < -0.39 is 0 Å². The minimum atomic E-state index is -0.203. The van der Waals surface area contributed by atoms with Gasteiger partial charge in [-0.25, -0.2) is 4.39 Å². The summed E-state index contributed by atoms with van der Waals surface area (Å²) in [5, 5.41) is 3.28. The second-order valence-corrected chi connectivity index (χ2v) is 3.99. The molecule has 1 heterocycles. The summed E-state index contributed by atoms with van der Waals surface area (Å²) in [6.45, 7) is 3.71. The zero-order valence-electron chi connectivity index (χ0n) is 9.87. The van der Waals surface area contributed by atoms with E-state index in [0.717, 1.165) is 29.7 Å². The molecule has 3 heteroatoms. The lowest BCUT2D eigenvalue weighted by molar-refractivity contribution is 0.568. The second-order valence-electron chi connectivity index (χ2n) is 3.99. The van der Waals surface area contributed by atoms with Crippen molar-refractivity contribution in [3.05, 3.63) is 48.2 Å². The molecule has 0 spiro atoms. The molecule has 0 bridgehead atoms. The van der Waals surface area contributed by atoms with Crippen molar-refractivity contribution < 1.29 is 8.81 Å². The fourth-order valence-electron chi connectivity index (χ4n) is 1.81. The van der Waals surface area contributed by atoms with Gasteiger partial charge in [-0.05, 0) is 42.3 Å². The maximum absolute atomic E-state index is 13.2. The van der Waals surface area contributed by atoms with Crippen molar-refractivity contribution in [2.45, 2.75) is 19.9 Å². The highest BCUT2D eigenvalue weighted by molar-refractivity contribution is 5.66. The molecule has 0 saturated carbocycles. The third kappa shape index (κ3) is 2.94. The molecule has 0 atom stereocenters. The first-order chi connectivity index (χ1) is 8.31. The van der Waals surface area contributed by atoms with E-state index in [2.05, 4.69) is 12.2 Å². The zero-order valence-corrected chi connectivity index (χ0v) is 9.87. The van der Waals surface area contributed by atoms with Crippen LogP contribution in [0.25, 0.3) is 11.1 Å². The van der Waals surface area contributed by atoms with Gasteiger partial charge in [0.05, 0.1) is 12.5 Å². The molecule has 1 N–H and O–H groups in total. The average Bonchev–Trinajstić information content (AvgIpc) is 2.83. The Hall–Kier alpha value is -1.61. The molecule has 90 valence electrons. The molecule has 2 nitrogen and oxygen atoms in total. The third-order valence-electron chi connectivity index (χ3n) is 2.64. The summed E-state index contributed by atoms with van der Waals surface area (Å²) in [7, 11) is 0. The highest BCUT2D eigenvalue weighted by atomic mass is 19.1. The molecule has 0 aliphatic rings. The monoisotopic (exact) mass is 233 g/mol. The summed E-state index contributed by atoms with van der Waals surface area (Å²) < 4.78 is 18.3. The minimum Gasteiger partial charge on any atom is -0.472 e. The molecule has 0 radical (unpaired) electrons. The maximum atomic E-state index is 13.2. The van der Waals surface area contributed by atoms with Crippen LogP contribution in [0.2, 0.25) is 0 Å². The van der Waals surface area contributed by atoms with E-state index in [4.69, 9.17) is 4.42 Å². The predicted molar refractivity (Wildman–Crippen MR) is 66.1 cm³/mol. The Morgan fingerprint density at radius 3 is 2.88 bits per heavy atom. The van der Waals surface area contributed by atoms with E-state index in [1.165, 1.54) is 6.07 Å². The topological polar surface area (TPSA) is 25.2 Å². The Morgan fingerprint density at radius 2 is 2.18 bits per heavy atom. The number of nitrogens with one attached hydrogen (secondary N) is 1. The van der Waals surface area contributed by atoms with Crippen molar-refractivity contribution in [3.8, 4) is 11.1 Å². The first kappa shape index (κ1) is 11.9. The number of furan rings is 1. The van der Waals surface area contributed by atoms with E-state index in [1.807, 2.05) is 6.07 Å².